The van der Waals surface area contributed by atoms with Crippen molar-refractivity contribution >= 4 is 11.9 Å². The van der Waals surface area contributed by atoms with Crippen LogP contribution in [0, 0.1) is 17.5 Å². The van der Waals surface area contributed by atoms with E-state index in [9.17, 15) is 22.8 Å². The van der Waals surface area contributed by atoms with Gasteiger partial charge in [-0.15, -0.1) is 10.2 Å². The van der Waals surface area contributed by atoms with Gasteiger partial charge in [-0.05, 0) is 79.7 Å². The summed E-state index contributed by atoms with van der Waals surface area (Å²) in [5.74, 6) is 3.39. The highest BCUT2D eigenvalue weighted by Gasteiger charge is 2.05. The Hall–Kier alpha value is -4.51. The van der Waals surface area contributed by atoms with E-state index in [-0.39, 0.29) is 17.5 Å². The molecule has 1 heterocycles. The summed E-state index contributed by atoms with van der Waals surface area (Å²) in [5, 5.41) is 7.19. The predicted molar refractivity (Wildman–Crippen MR) is 120 cm³/mol. The number of hydrogen-bond donors (Lipinski definition) is 2. The van der Waals surface area contributed by atoms with Gasteiger partial charge in [-0.25, -0.2) is 23.8 Å². The summed E-state index contributed by atoms with van der Waals surface area (Å²) >= 11 is 0. The molecular formula is C24H21F3N4O4. The molecule has 0 aliphatic heterocycles. The van der Waals surface area contributed by atoms with Crippen LogP contribution in [0.3, 0.4) is 0 Å². The van der Waals surface area contributed by atoms with Crippen molar-refractivity contribution in [3.8, 4) is 11.5 Å². The van der Waals surface area contributed by atoms with E-state index in [2.05, 4.69) is 10.2 Å². The molecule has 182 valence electrons. The van der Waals surface area contributed by atoms with E-state index in [0.29, 0.717) is 29.2 Å². The molecule has 0 radical (unpaired) electrons. The van der Waals surface area contributed by atoms with Gasteiger partial charge in [0.25, 0.3) is 5.91 Å². The van der Waals surface area contributed by atoms with Crippen LogP contribution in [0.4, 0.5) is 13.2 Å². The summed E-state index contributed by atoms with van der Waals surface area (Å²) in [5.41, 5.74) is 3.37. The Bertz CT molecular complexity index is 1190. The van der Waals surface area contributed by atoms with E-state index in [4.69, 9.17) is 15.0 Å². The third kappa shape index (κ3) is 9.10. The molecule has 0 fully saturated rings. The molecule has 0 saturated carbocycles. The Kier molecular flexibility index (Phi) is 10.6. The maximum absolute atomic E-state index is 12.5. The summed E-state index contributed by atoms with van der Waals surface area (Å²) in [6, 6.07) is 16.2. The molecule has 1 amide bonds. The van der Waals surface area contributed by atoms with Gasteiger partial charge in [0.1, 0.15) is 17.5 Å². The number of nitrogens with zero attached hydrogens (tertiary/aromatic N) is 2. The normalized spacial score (nSPS) is 9.63. The number of nitrogens with two attached hydrogens (primary N) is 1. The van der Waals surface area contributed by atoms with Gasteiger partial charge in [-0.2, -0.15) is 0 Å². The lowest BCUT2D eigenvalue weighted by Crippen LogP contribution is -2.29. The van der Waals surface area contributed by atoms with Crippen LogP contribution < -0.4 is 11.3 Å². The lowest BCUT2D eigenvalue weighted by Gasteiger charge is -1.99. The summed E-state index contributed by atoms with van der Waals surface area (Å²) in [7, 11) is 0. The summed E-state index contributed by atoms with van der Waals surface area (Å²) in [4.78, 5) is 21.8. The number of carbonyl (C=O) groups excluding carboxylic acids is 2. The lowest BCUT2D eigenvalue weighted by atomic mass is 10.2. The van der Waals surface area contributed by atoms with Crippen molar-refractivity contribution in [2.24, 2.45) is 5.84 Å². The van der Waals surface area contributed by atoms with Crippen molar-refractivity contribution in [2.45, 2.75) is 6.92 Å². The Labute approximate surface area is 198 Å². The van der Waals surface area contributed by atoms with Crippen LogP contribution in [0.2, 0.25) is 0 Å². The van der Waals surface area contributed by atoms with Gasteiger partial charge in [-0.1, -0.05) is 0 Å². The van der Waals surface area contributed by atoms with Crippen molar-refractivity contribution in [1.82, 2.24) is 15.6 Å². The zero-order valence-corrected chi connectivity index (χ0v) is 18.5. The number of hydrazine groups is 1. The second kappa shape index (κ2) is 13.9. The average molecular weight is 486 g/mol. The largest absolute Gasteiger partial charge is 0.462 e. The van der Waals surface area contributed by atoms with Crippen LogP contribution in [0.1, 0.15) is 27.6 Å². The topological polar surface area (TPSA) is 120 Å². The molecule has 0 saturated heterocycles. The van der Waals surface area contributed by atoms with E-state index in [0.717, 1.165) is 0 Å². The van der Waals surface area contributed by atoms with Gasteiger partial charge in [-0.3, -0.25) is 10.2 Å². The van der Waals surface area contributed by atoms with Crippen LogP contribution >= 0.6 is 0 Å². The number of benzene rings is 3. The van der Waals surface area contributed by atoms with Gasteiger partial charge >= 0.3 is 5.97 Å². The van der Waals surface area contributed by atoms with Crippen molar-refractivity contribution < 1.29 is 31.9 Å². The highest BCUT2D eigenvalue weighted by Crippen LogP contribution is 2.15. The molecule has 1 aromatic heterocycles. The monoisotopic (exact) mass is 486 g/mol. The number of hydrogen-bond acceptors (Lipinski definition) is 7. The Balaban J connectivity index is 0.000000185. The maximum atomic E-state index is 12.5. The molecule has 0 aliphatic carbocycles. The molecular weight excluding hydrogens is 465 g/mol. The first-order valence-electron chi connectivity index (χ1n) is 10.0. The van der Waals surface area contributed by atoms with Gasteiger partial charge in [0.15, 0.2) is 0 Å². The van der Waals surface area contributed by atoms with E-state index < -0.39 is 11.9 Å². The fourth-order valence-electron chi connectivity index (χ4n) is 2.38. The number of rotatable bonds is 4. The molecule has 35 heavy (non-hydrogen) atoms. The molecule has 3 N–H and O–H groups in total. The lowest BCUT2D eigenvalue weighted by molar-refractivity contribution is 0.0526. The van der Waals surface area contributed by atoms with E-state index in [1.54, 1.807) is 19.1 Å². The number of carbonyl (C=O) groups is 2. The first-order chi connectivity index (χ1) is 16.8. The highest BCUT2D eigenvalue weighted by molar-refractivity contribution is 5.93. The molecule has 4 aromatic rings. The summed E-state index contributed by atoms with van der Waals surface area (Å²) in [6.45, 7) is 2.05. The highest BCUT2D eigenvalue weighted by atomic mass is 19.1. The molecule has 4 rings (SSSR count). The minimum atomic E-state index is -0.426. The van der Waals surface area contributed by atoms with Crippen molar-refractivity contribution in [3.63, 3.8) is 0 Å². The van der Waals surface area contributed by atoms with Gasteiger partial charge in [0.2, 0.25) is 12.3 Å². The second-order valence-electron chi connectivity index (χ2n) is 6.46. The summed E-state index contributed by atoms with van der Waals surface area (Å²) < 4.78 is 46.8. The summed E-state index contributed by atoms with van der Waals surface area (Å²) in [6.07, 6.45) is 1.23. The zero-order valence-electron chi connectivity index (χ0n) is 18.5. The minimum absolute atomic E-state index is 0.279. The van der Waals surface area contributed by atoms with Gasteiger partial charge in [0, 0.05) is 11.1 Å². The molecule has 0 unspecified atom stereocenters. The number of aromatic nitrogens is 2. The maximum Gasteiger partial charge on any atom is 0.338 e. The Morgan fingerprint density at radius 1 is 0.857 bits per heavy atom. The third-order valence-corrected chi connectivity index (χ3v) is 4.04. The molecule has 0 bridgehead atoms. The first kappa shape index (κ1) is 26.7. The van der Waals surface area contributed by atoms with Crippen molar-refractivity contribution in [2.75, 3.05) is 6.61 Å². The Morgan fingerprint density at radius 2 is 1.34 bits per heavy atom. The smallest absolute Gasteiger partial charge is 0.338 e. The average Bonchev–Trinajstić information content (AvgIpc) is 3.41. The quantitative estimate of drug-likeness (QED) is 0.191. The van der Waals surface area contributed by atoms with Crippen LogP contribution in [0.15, 0.2) is 83.6 Å². The van der Waals surface area contributed by atoms with Gasteiger partial charge < -0.3 is 9.15 Å². The number of nitrogen functional groups attached to an aromatic ring is 1. The number of amides is 1. The van der Waals surface area contributed by atoms with Crippen LogP contribution in [0.5, 0.6) is 0 Å². The van der Waals surface area contributed by atoms with E-state index >= 15 is 0 Å². The van der Waals surface area contributed by atoms with E-state index in [1.165, 1.54) is 67.1 Å². The molecule has 8 nitrogen and oxygen atoms in total. The predicted octanol–water partition coefficient (Wildman–Crippen LogP) is 4.31. The third-order valence-electron chi connectivity index (χ3n) is 4.04. The SMILES string of the molecule is CCOC(=O)c1ccc(F)cc1.Fc1ccc(-c2nnco2)cc1.NNC(=O)c1ccc(F)cc1. The zero-order chi connectivity index (χ0) is 25.6. The van der Waals surface area contributed by atoms with Crippen molar-refractivity contribution in [3.05, 3.63) is 108 Å². The van der Waals surface area contributed by atoms with Crippen LogP contribution in [-0.2, 0) is 4.74 Å². The van der Waals surface area contributed by atoms with Crippen LogP contribution in [-0.4, -0.2) is 28.7 Å². The number of nitrogens with one attached hydrogen (secondary N) is 1. The molecule has 3 aromatic carbocycles. The molecule has 0 spiro atoms. The van der Waals surface area contributed by atoms with Crippen molar-refractivity contribution in [1.29, 1.82) is 0 Å². The number of esters is 1. The molecule has 11 heteroatoms. The molecule has 0 atom stereocenters. The van der Waals surface area contributed by atoms with Crippen LogP contribution in [0.25, 0.3) is 11.5 Å². The molecule has 0 aliphatic rings. The van der Waals surface area contributed by atoms with Gasteiger partial charge in [0.05, 0.1) is 12.2 Å². The fraction of sp³-hybridized carbons (Fsp3) is 0.0833. The Morgan fingerprint density at radius 3 is 1.77 bits per heavy atom. The minimum Gasteiger partial charge on any atom is -0.462 e. The fourth-order valence-corrected chi connectivity index (χ4v) is 2.38. The second-order valence-corrected chi connectivity index (χ2v) is 6.46. The first-order valence-corrected chi connectivity index (χ1v) is 10.0. The van der Waals surface area contributed by atoms with E-state index in [1.807, 2.05) is 5.43 Å². The number of halogens is 3. The number of ether oxygens (including phenoxy) is 1. The standard InChI is InChI=1S/C9H9FO2.C8H5FN2O.C7H7FN2O/c1-2-12-9(11)7-3-5-8(10)6-4-7;9-7-3-1-6(2-4-7)8-11-10-5-12-8;8-6-3-1-5(2-4-6)7(11)10-9/h3-6H,2H2,1H3;1-5H;1-4H,9H2,(H,10,11).